The van der Waals surface area contributed by atoms with Gasteiger partial charge < -0.3 is 10.5 Å². The van der Waals surface area contributed by atoms with Crippen LogP contribution in [0.15, 0.2) is 36.4 Å². The molecule has 0 aliphatic carbocycles. The van der Waals surface area contributed by atoms with E-state index in [9.17, 15) is 4.39 Å². The maximum Gasteiger partial charge on any atom is 0.130 e. The molecule has 19 heavy (non-hydrogen) atoms. The molecule has 0 unspecified atom stereocenters. The molecule has 1 aromatic carbocycles. The quantitative estimate of drug-likeness (QED) is 0.899. The third-order valence-electron chi connectivity index (χ3n) is 2.76. The lowest BCUT2D eigenvalue weighted by Gasteiger charge is -2.11. The lowest BCUT2D eigenvalue weighted by molar-refractivity contribution is 0.297. The highest BCUT2D eigenvalue weighted by atomic mass is 19.1. The molecule has 0 atom stereocenters. The zero-order chi connectivity index (χ0) is 13.7. The summed E-state index contributed by atoms with van der Waals surface area (Å²) >= 11 is 0. The fourth-order valence-corrected chi connectivity index (χ4v) is 1.87. The Morgan fingerprint density at radius 3 is 2.84 bits per heavy atom. The number of aromatic nitrogens is 1. The minimum absolute atomic E-state index is 0.274. The minimum atomic E-state index is -0.274. The van der Waals surface area contributed by atoms with E-state index in [-0.39, 0.29) is 5.82 Å². The molecule has 2 N–H and O–H groups in total. The number of pyridine rings is 1. The molecular formula is C15H17FN2O. The Hall–Kier alpha value is -1.94. The second-order valence-corrected chi connectivity index (χ2v) is 4.35. The van der Waals surface area contributed by atoms with Crippen molar-refractivity contribution in [1.29, 1.82) is 0 Å². The van der Waals surface area contributed by atoms with Crippen LogP contribution in [0.1, 0.15) is 17.0 Å². The van der Waals surface area contributed by atoms with Gasteiger partial charge in [0, 0.05) is 5.69 Å². The molecule has 3 nitrogen and oxygen atoms in total. The van der Waals surface area contributed by atoms with Gasteiger partial charge in [0.25, 0.3) is 0 Å². The molecule has 0 amide bonds. The smallest absolute Gasteiger partial charge is 0.130 e. The molecule has 1 aromatic heterocycles. The van der Waals surface area contributed by atoms with Gasteiger partial charge in [0.05, 0.1) is 5.69 Å². The third-order valence-corrected chi connectivity index (χ3v) is 2.76. The van der Waals surface area contributed by atoms with Gasteiger partial charge in [-0.1, -0.05) is 6.07 Å². The average molecular weight is 260 g/mol. The second kappa shape index (κ2) is 6.29. The van der Waals surface area contributed by atoms with E-state index in [1.807, 2.05) is 25.1 Å². The Labute approximate surface area is 112 Å². The van der Waals surface area contributed by atoms with Crippen molar-refractivity contribution in [2.45, 2.75) is 20.0 Å². The maximum atomic E-state index is 13.2. The molecule has 0 spiro atoms. The van der Waals surface area contributed by atoms with Gasteiger partial charge in [0.15, 0.2) is 0 Å². The van der Waals surface area contributed by atoms with E-state index in [0.717, 1.165) is 17.0 Å². The Bertz CT molecular complexity index is 558. The molecular weight excluding hydrogens is 243 g/mol. The molecule has 2 rings (SSSR count). The Morgan fingerprint density at radius 2 is 2.11 bits per heavy atom. The van der Waals surface area contributed by atoms with Crippen LogP contribution >= 0.6 is 0 Å². The highest BCUT2D eigenvalue weighted by Crippen LogP contribution is 2.21. The Balaban J connectivity index is 2.10. The van der Waals surface area contributed by atoms with Crippen molar-refractivity contribution >= 4 is 0 Å². The summed E-state index contributed by atoms with van der Waals surface area (Å²) in [6.07, 6.45) is 0.592. The summed E-state index contributed by atoms with van der Waals surface area (Å²) in [5.74, 6) is 0.389. The van der Waals surface area contributed by atoms with E-state index < -0.39 is 0 Å². The molecule has 0 aliphatic heterocycles. The minimum Gasteiger partial charge on any atom is -0.487 e. The van der Waals surface area contributed by atoms with Gasteiger partial charge in [0.2, 0.25) is 0 Å². The number of halogens is 1. The summed E-state index contributed by atoms with van der Waals surface area (Å²) in [6, 6.07) is 10.3. The number of hydrogen-bond donors (Lipinski definition) is 1. The van der Waals surface area contributed by atoms with Crippen molar-refractivity contribution < 1.29 is 9.13 Å². The monoisotopic (exact) mass is 260 g/mol. The number of nitrogens with two attached hydrogens (primary N) is 1. The first-order valence-corrected chi connectivity index (χ1v) is 6.23. The second-order valence-electron chi connectivity index (χ2n) is 4.35. The maximum absolute atomic E-state index is 13.2. The first-order chi connectivity index (χ1) is 9.19. The standard InChI is InChI=1S/C15H17FN2O/c1-11-3-2-4-14(18-11)10-19-15-6-5-13(16)9-12(15)7-8-17/h2-6,9H,7-8,10,17H2,1H3. The summed E-state index contributed by atoms with van der Waals surface area (Å²) in [5, 5.41) is 0. The van der Waals surface area contributed by atoms with Crippen LogP contribution in [0.2, 0.25) is 0 Å². The van der Waals surface area contributed by atoms with E-state index in [2.05, 4.69) is 4.98 Å². The van der Waals surface area contributed by atoms with Crippen LogP contribution in [-0.4, -0.2) is 11.5 Å². The lowest BCUT2D eigenvalue weighted by atomic mass is 10.1. The van der Waals surface area contributed by atoms with Crippen molar-refractivity contribution in [1.82, 2.24) is 4.98 Å². The van der Waals surface area contributed by atoms with Crippen molar-refractivity contribution in [3.63, 3.8) is 0 Å². The van der Waals surface area contributed by atoms with E-state index >= 15 is 0 Å². The summed E-state index contributed by atoms with van der Waals surface area (Å²) in [4.78, 5) is 4.36. The molecule has 1 heterocycles. The Morgan fingerprint density at radius 1 is 1.26 bits per heavy atom. The number of nitrogens with zero attached hydrogens (tertiary/aromatic N) is 1. The molecule has 0 bridgehead atoms. The fourth-order valence-electron chi connectivity index (χ4n) is 1.87. The van der Waals surface area contributed by atoms with Crippen molar-refractivity contribution in [3.05, 3.63) is 59.2 Å². The van der Waals surface area contributed by atoms with Crippen molar-refractivity contribution in [3.8, 4) is 5.75 Å². The Kier molecular flexibility index (Phi) is 4.47. The number of aryl methyl sites for hydroxylation is 1. The molecule has 4 heteroatoms. The summed E-state index contributed by atoms with van der Waals surface area (Å²) in [6.45, 7) is 2.76. The van der Waals surface area contributed by atoms with Crippen LogP contribution < -0.4 is 10.5 Å². The molecule has 0 saturated carbocycles. The van der Waals surface area contributed by atoms with Gasteiger partial charge in [-0.3, -0.25) is 4.98 Å². The van der Waals surface area contributed by atoms with Gasteiger partial charge in [-0.25, -0.2) is 4.39 Å². The largest absolute Gasteiger partial charge is 0.487 e. The molecule has 0 aliphatic rings. The number of hydrogen-bond acceptors (Lipinski definition) is 3. The summed E-state index contributed by atoms with van der Waals surface area (Å²) in [7, 11) is 0. The van der Waals surface area contributed by atoms with Crippen LogP contribution in [-0.2, 0) is 13.0 Å². The third kappa shape index (κ3) is 3.76. The van der Waals surface area contributed by atoms with Crippen LogP contribution in [0.5, 0.6) is 5.75 Å². The first-order valence-electron chi connectivity index (χ1n) is 6.23. The number of benzene rings is 1. The van der Waals surface area contributed by atoms with Gasteiger partial charge >= 0.3 is 0 Å². The highest BCUT2D eigenvalue weighted by molar-refractivity contribution is 5.34. The van der Waals surface area contributed by atoms with Crippen LogP contribution in [0, 0.1) is 12.7 Å². The van der Waals surface area contributed by atoms with E-state index in [1.54, 1.807) is 6.07 Å². The lowest BCUT2D eigenvalue weighted by Crippen LogP contribution is -2.06. The van der Waals surface area contributed by atoms with E-state index in [1.165, 1.54) is 12.1 Å². The van der Waals surface area contributed by atoms with Crippen LogP contribution in [0.25, 0.3) is 0 Å². The van der Waals surface area contributed by atoms with Gasteiger partial charge in [0.1, 0.15) is 18.2 Å². The van der Waals surface area contributed by atoms with Crippen LogP contribution in [0.3, 0.4) is 0 Å². The topological polar surface area (TPSA) is 48.1 Å². The highest BCUT2D eigenvalue weighted by Gasteiger charge is 2.06. The average Bonchev–Trinajstić information content (AvgIpc) is 2.38. The molecule has 2 aromatic rings. The van der Waals surface area contributed by atoms with Gasteiger partial charge in [-0.15, -0.1) is 0 Å². The molecule has 100 valence electrons. The summed E-state index contributed by atoms with van der Waals surface area (Å²) in [5.41, 5.74) is 8.10. The number of ether oxygens (including phenoxy) is 1. The first kappa shape index (κ1) is 13.5. The van der Waals surface area contributed by atoms with Gasteiger partial charge in [-0.05, 0) is 55.8 Å². The molecule has 0 radical (unpaired) electrons. The fraction of sp³-hybridized carbons (Fsp3) is 0.267. The van der Waals surface area contributed by atoms with Crippen LogP contribution in [0.4, 0.5) is 4.39 Å². The zero-order valence-electron chi connectivity index (χ0n) is 10.9. The number of rotatable bonds is 5. The van der Waals surface area contributed by atoms with E-state index in [0.29, 0.717) is 25.3 Å². The zero-order valence-corrected chi connectivity index (χ0v) is 10.9. The SMILES string of the molecule is Cc1cccc(COc2ccc(F)cc2CCN)n1. The van der Waals surface area contributed by atoms with Crippen molar-refractivity contribution in [2.24, 2.45) is 5.73 Å². The molecule has 0 fully saturated rings. The summed E-state index contributed by atoms with van der Waals surface area (Å²) < 4.78 is 18.9. The van der Waals surface area contributed by atoms with E-state index in [4.69, 9.17) is 10.5 Å². The van der Waals surface area contributed by atoms with Crippen molar-refractivity contribution in [2.75, 3.05) is 6.54 Å². The normalized spacial score (nSPS) is 10.5. The molecule has 0 saturated heterocycles. The predicted molar refractivity (Wildman–Crippen MR) is 72.5 cm³/mol. The predicted octanol–water partition coefficient (Wildman–Crippen LogP) is 2.61. The van der Waals surface area contributed by atoms with Gasteiger partial charge in [-0.2, -0.15) is 0 Å².